The third kappa shape index (κ3) is 5.32. The number of amides is 1. The van der Waals surface area contributed by atoms with Gasteiger partial charge in [-0.05, 0) is 69.8 Å². The minimum Gasteiger partial charge on any atom is -0.392 e. The van der Waals surface area contributed by atoms with Crippen LogP contribution >= 0.6 is 11.6 Å². The molecule has 3 saturated heterocycles. The standard InChI is InChI=1S/C23H34ClN3O2/c24-22-6-2-1-4-18(22)16-27-15-11-19(7-8-23(27)29)25-13-9-20(10-14-25)26-12-3-5-21(28)17-26/h1-2,4,6,19-21,28H,3,5,7-17H2. The number of halogens is 1. The predicted molar refractivity (Wildman–Crippen MR) is 116 cm³/mol. The van der Waals surface area contributed by atoms with Gasteiger partial charge in [0.15, 0.2) is 0 Å². The van der Waals surface area contributed by atoms with Crippen molar-refractivity contribution < 1.29 is 9.90 Å². The van der Waals surface area contributed by atoms with E-state index in [0.29, 0.717) is 25.0 Å². The summed E-state index contributed by atoms with van der Waals surface area (Å²) in [6.45, 7) is 5.63. The van der Waals surface area contributed by atoms with Crippen molar-refractivity contribution in [3.05, 3.63) is 34.9 Å². The van der Waals surface area contributed by atoms with Gasteiger partial charge < -0.3 is 14.9 Å². The average Bonchev–Trinajstić information content (AvgIpc) is 2.92. The van der Waals surface area contributed by atoms with E-state index in [4.69, 9.17) is 11.6 Å². The highest BCUT2D eigenvalue weighted by atomic mass is 35.5. The molecule has 2 unspecified atom stereocenters. The third-order valence-corrected chi connectivity index (χ3v) is 7.42. The molecular weight excluding hydrogens is 386 g/mol. The fraction of sp³-hybridized carbons (Fsp3) is 0.696. The summed E-state index contributed by atoms with van der Waals surface area (Å²) < 4.78 is 0. The van der Waals surface area contributed by atoms with Gasteiger partial charge >= 0.3 is 0 Å². The third-order valence-electron chi connectivity index (χ3n) is 7.06. The van der Waals surface area contributed by atoms with E-state index in [-0.39, 0.29) is 12.0 Å². The van der Waals surface area contributed by atoms with Gasteiger partial charge in [0.2, 0.25) is 5.91 Å². The summed E-state index contributed by atoms with van der Waals surface area (Å²) in [4.78, 5) is 19.8. The van der Waals surface area contributed by atoms with Crippen molar-refractivity contribution in [3.8, 4) is 0 Å². The lowest BCUT2D eigenvalue weighted by Gasteiger charge is -2.43. The lowest BCUT2D eigenvalue weighted by molar-refractivity contribution is -0.131. The summed E-state index contributed by atoms with van der Waals surface area (Å²) in [6.07, 6.45) is 6.94. The number of hydrogen-bond acceptors (Lipinski definition) is 4. The number of aliphatic hydroxyl groups excluding tert-OH is 1. The molecule has 0 aromatic heterocycles. The molecule has 3 aliphatic heterocycles. The van der Waals surface area contributed by atoms with E-state index in [0.717, 1.165) is 69.0 Å². The quantitative estimate of drug-likeness (QED) is 0.814. The minimum atomic E-state index is -0.140. The van der Waals surface area contributed by atoms with Crippen molar-refractivity contribution in [2.24, 2.45) is 0 Å². The Morgan fingerprint density at radius 2 is 1.66 bits per heavy atom. The van der Waals surface area contributed by atoms with Gasteiger partial charge in [0, 0.05) is 43.2 Å². The van der Waals surface area contributed by atoms with Gasteiger partial charge in [0.05, 0.1) is 6.10 Å². The molecule has 160 valence electrons. The molecule has 1 aromatic carbocycles. The predicted octanol–water partition coefficient (Wildman–Crippen LogP) is 3.14. The summed E-state index contributed by atoms with van der Waals surface area (Å²) in [5.41, 5.74) is 1.03. The molecule has 2 atom stereocenters. The van der Waals surface area contributed by atoms with Crippen LogP contribution in [0.15, 0.2) is 24.3 Å². The first-order chi connectivity index (χ1) is 14.1. The summed E-state index contributed by atoms with van der Waals surface area (Å²) in [7, 11) is 0. The smallest absolute Gasteiger partial charge is 0.222 e. The van der Waals surface area contributed by atoms with Crippen molar-refractivity contribution in [3.63, 3.8) is 0 Å². The maximum Gasteiger partial charge on any atom is 0.222 e. The average molecular weight is 420 g/mol. The van der Waals surface area contributed by atoms with E-state index in [2.05, 4.69) is 9.80 Å². The van der Waals surface area contributed by atoms with Crippen LogP contribution in [0.1, 0.15) is 50.5 Å². The second-order valence-corrected chi connectivity index (χ2v) is 9.35. The molecule has 4 rings (SSSR count). The summed E-state index contributed by atoms with van der Waals surface area (Å²) in [5, 5.41) is 10.7. The lowest BCUT2D eigenvalue weighted by Crippen LogP contribution is -2.51. The van der Waals surface area contributed by atoms with Crippen molar-refractivity contribution >= 4 is 17.5 Å². The van der Waals surface area contributed by atoms with Crippen LogP contribution in [0.2, 0.25) is 5.02 Å². The fourth-order valence-corrected chi connectivity index (χ4v) is 5.51. The highest BCUT2D eigenvalue weighted by Crippen LogP contribution is 2.27. The summed E-state index contributed by atoms with van der Waals surface area (Å²) >= 11 is 6.30. The number of rotatable bonds is 4. The van der Waals surface area contributed by atoms with Crippen LogP contribution in [-0.4, -0.2) is 76.6 Å². The van der Waals surface area contributed by atoms with Crippen molar-refractivity contribution in [2.45, 2.75) is 69.7 Å². The van der Waals surface area contributed by atoms with Crippen LogP contribution in [0.25, 0.3) is 0 Å². The number of piperidine rings is 2. The molecule has 0 saturated carbocycles. The van der Waals surface area contributed by atoms with Gasteiger partial charge in [-0.15, -0.1) is 0 Å². The van der Waals surface area contributed by atoms with Crippen LogP contribution in [-0.2, 0) is 11.3 Å². The maximum absolute atomic E-state index is 12.7. The van der Waals surface area contributed by atoms with Gasteiger partial charge in [-0.2, -0.15) is 0 Å². The first-order valence-electron chi connectivity index (χ1n) is 11.3. The Labute approximate surface area is 179 Å². The number of hydrogen-bond donors (Lipinski definition) is 1. The Kier molecular flexibility index (Phi) is 7.12. The Morgan fingerprint density at radius 3 is 2.41 bits per heavy atom. The number of carbonyl (C=O) groups excluding carboxylic acids is 1. The maximum atomic E-state index is 12.7. The van der Waals surface area contributed by atoms with Crippen molar-refractivity contribution in [1.82, 2.24) is 14.7 Å². The molecule has 1 aromatic rings. The molecule has 0 spiro atoms. The zero-order chi connectivity index (χ0) is 20.2. The van der Waals surface area contributed by atoms with Gasteiger partial charge in [-0.3, -0.25) is 9.69 Å². The molecule has 1 amide bonds. The highest BCUT2D eigenvalue weighted by molar-refractivity contribution is 6.31. The zero-order valence-corrected chi connectivity index (χ0v) is 18.1. The van der Waals surface area contributed by atoms with Crippen molar-refractivity contribution in [2.75, 3.05) is 32.7 Å². The largest absolute Gasteiger partial charge is 0.392 e. The Balaban J connectivity index is 1.28. The van der Waals surface area contributed by atoms with Gasteiger partial charge in [0.25, 0.3) is 0 Å². The number of aliphatic hydroxyl groups is 1. The number of carbonyl (C=O) groups is 1. The number of nitrogens with zero attached hydrogens (tertiary/aromatic N) is 3. The van der Waals surface area contributed by atoms with Gasteiger partial charge in [-0.25, -0.2) is 0 Å². The molecule has 0 aliphatic carbocycles. The Hall–Kier alpha value is -1.14. The topological polar surface area (TPSA) is 47.0 Å². The molecule has 0 radical (unpaired) electrons. The SMILES string of the molecule is O=C1CCC(N2CCC(N3CCCC(O)C3)CC2)CCN1Cc1ccccc1Cl. The molecule has 0 bridgehead atoms. The van der Waals surface area contributed by atoms with E-state index in [1.807, 2.05) is 29.2 Å². The van der Waals surface area contributed by atoms with Crippen LogP contribution in [0.4, 0.5) is 0 Å². The minimum absolute atomic E-state index is 0.140. The van der Waals surface area contributed by atoms with E-state index in [1.165, 1.54) is 12.8 Å². The van der Waals surface area contributed by atoms with Crippen LogP contribution in [0, 0.1) is 0 Å². The second kappa shape index (κ2) is 9.78. The molecule has 1 N–H and O–H groups in total. The number of benzene rings is 1. The van der Waals surface area contributed by atoms with E-state index in [9.17, 15) is 9.90 Å². The van der Waals surface area contributed by atoms with E-state index >= 15 is 0 Å². The van der Waals surface area contributed by atoms with Gasteiger partial charge in [0.1, 0.15) is 0 Å². The number of β-amino-alcohol motifs (C(OH)–C–C–N with tert-alkyl or cyclic N) is 1. The van der Waals surface area contributed by atoms with Crippen LogP contribution in [0.3, 0.4) is 0 Å². The summed E-state index contributed by atoms with van der Waals surface area (Å²) in [5.74, 6) is 0.254. The first-order valence-corrected chi connectivity index (χ1v) is 11.7. The molecule has 3 heterocycles. The second-order valence-electron chi connectivity index (χ2n) is 8.95. The highest BCUT2D eigenvalue weighted by Gasteiger charge is 2.32. The van der Waals surface area contributed by atoms with Crippen LogP contribution < -0.4 is 0 Å². The molecule has 6 heteroatoms. The van der Waals surface area contributed by atoms with Gasteiger partial charge in [-0.1, -0.05) is 29.8 Å². The summed E-state index contributed by atoms with van der Waals surface area (Å²) in [6, 6.07) is 8.94. The molecule has 29 heavy (non-hydrogen) atoms. The Bertz CT molecular complexity index is 692. The first kappa shape index (κ1) is 21.1. The van der Waals surface area contributed by atoms with Crippen molar-refractivity contribution in [1.29, 1.82) is 0 Å². The zero-order valence-electron chi connectivity index (χ0n) is 17.3. The normalized spacial score (nSPS) is 28.5. The monoisotopic (exact) mass is 419 g/mol. The molecular formula is C23H34ClN3O2. The molecule has 3 fully saturated rings. The number of likely N-dealkylation sites (tertiary alicyclic amines) is 3. The van der Waals surface area contributed by atoms with Crippen LogP contribution in [0.5, 0.6) is 0 Å². The molecule has 3 aliphatic rings. The Morgan fingerprint density at radius 1 is 0.931 bits per heavy atom. The molecule has 5 nitrogen and oxygen atoms in total. The lowest BCUT2D eigenvalue weighted by atomic mass is 9.96. The van der Waals surface area contributed by atoms with E-state index < -0.39 is 0 Å². The fourth-order valence-electron chi connectivity index (χ4n) is 5.32. The van der Waals surface area contributed by atoms with E-state index in [1.54, 1.807) is 0 Å².